The Hall–Kier alpha value is -1.75. The number of rotatable bonds is 2. The summed E-state index contributed by atoms with van der Waals surface area (Å²) in [6, 6.07) is 11.1. The van der Waals surface area contributed by atoms with Gasteiger partial charge in [-0.1, -0.05) is 28.1 Å². The smallest absolute Gasteiger partial charge is 0.256 e. The maximum absolute atomic E-state index is 12.8. The van der Waals surface area contributed by atoms with E-state index >= 15 is 0 Å². The number of hydrogen-bond donors (Lipinski definition) is 1. The summed E-state index contributed by atoms with van der Waals surface area (Å²) < 4.78 is 13.6. The summed E-state index contributed by atoms with van der Waals surface area (Å²) in [4.78, 5) is 15.3. The lowest BCUT2D eigenvalue weighted by Gasteiger charge is -2.04. The molecule has 5 heteroatoms. The molecule has 0 aliphatic carbocycles. The van der Waals surface area contributed by atoms with Gasteiger partial charge in [0.15, 0.2) is 0 Å². The van der Waals surface area contributed by atoms with Gasteiger partial charge >= 0.3 is 0 Å². The number of nitrogens with one attached hydrogen (secondary N) is 1. The van der Waals surface area contributed by atoms with Crippen LogP contribution in [-0.4, -0.2) is 10.9 Å². The summed E-state index contributed by atoms with van der Waals surface area (Å²) in [6.45, 7) is 0. The number of pyridine rings is 1. The van der Waals surface area contributed by atoms with E-state index in [0.717, 1.165) is 4.47 Å². The molecule has 0 aliphatic heterocycles. The fourth-order valence-corrected chi connectivity index (χ4v) is 1.70. The Morgan fingerprint density at radius 3 is 2.71 bits per heavy atom. The first-order valence-corrected chi connectivity index (χ1v) is 5.64. The molecule has 1 aromatic carbocycles. The Morgan fingerprint density at radius 1 is 1.24 bits per heavy atom. The predicted octanol–water partition coefficient (Wildman–Crippen LogP) is 3.24. The maximum atomic E-state index is 12.8. The second kappa shape index (κ2) is 5.05. The molecule has 1 N–H and O–H groups in total. The second-order valence-corrected chi connectivity index (χ2v) is 4.23. The van der Waals surface area contributed by atoms with E-state index in [0.29, 0.717) is 5.56 Å². The van der Waals surface area contributed by atoms with Crippen LogP contribution in [-0.2, 0) is 0 Å². The van der Waals surface area contributed by atoms with Crippen LogP contribution >= 0.6 is 15.9 Å². The van der Waals surface area contributed by atoms with Crippen LogP contribution in [0.2, 0.25) is 0 Å². The first kappa shape index (κ1) is 11.7. The van der Waals surface area contributed by atoms with Gasteiger partial charge in [0.2, 0.25) is 5.95 Å². The summed E-state index contributed by atoms with van der Waals surface area (Å²) in [5.41, 5.74) is 0.477. The lowest BCUT2D eigenvalue weighted by atomic mass is 10.2. The summed E-state index contributed by atoms with van der Waals surface area (Å²) in [6.07, 6.45) is 0. The molecule has 2 aromatic rings. The molecule has 17 heavy (non-hydrogen) atoms. The standard InChI is InChI=1S/C12H8BrFN2O/c13-9-4-1-3-8(7-9)12(17)16-11-6-2-5-10(14)15-11/h1-7H,(H,15,16,17). The highest BCUT2D eigenvalue weighted by Gasteiger charge is 2.07. The number of carbonyl (C=O) groups excluding carboxylic acids is 1. The molecule has 86 valence electrons. The van der Waals surface area contributed by atoms with Crippen molar-refractivity contribution in [1.29, 1.82) is 0 Å². The molecule has 0 aliphatic rings. The molecule has 3 nitrogen and oxygen atoms in total. The summed E-state index contributed by atoms with van der Waals surface area (Å²) in [7, 11) is 0. The predicted molar refractivity (Wildman–Crippen MR) is 66.3 cm³/mol. The molecule has 2 rings (SSSR count). The van der Waals surface area contributed by atoms with Crippen LogP contribution in [0.5, 0.6) is 0 Å². The Morgan fingerprint density at radius 2 is 2.00 bits per heavy atom. The van der Waals surface area contributed by atoms with Gasteiger partial charge in [-0.3, -0.25) is 4.79 Å². The van der Waals surface area contributed by atoms with E-state index in [1.165, 1.54) is 18.2 Å². The number of anilines is 1. The quantitative estimate of drug-likeness (QED) is 0.864. The average Bonchev–Trinajstić information content (AvgIpc) is 2.29. The third kappa shape index (κ3) is 3.10. The van der Waals surface area contributed by atoms with Crippen molar-refractivity contribution in [3.8, 4) is 0 Å². The van der Waals surface area contributed by atoms with Crippen LogP contribution in [0.25, 0.3) is 0 Å². The van der Waals surface area contributed by atoms with E-state index in [1.807, 2.05) is 6.07 Å². The normalized spacial score (nSPS) is 10.0. The van der Waals surface area contributed by atoms with E-state index in [-0.39, 0.29) is 11.7 Å². The molecule has 0 unspecified atom stereocenters. The van der Waals surface area contributed by atoms with Gasteiger partial charge in [-0.2, -0.15) is 4.39 Å². The first-order valence-electron chi connectivity index (χ1n) is 4.84. The van der Waals surface area contributed by atoms with Crippen molar-refractivity contribution in [1.82, 2.24) is 4.98 Å². The van der Waals surface area contributed by atoms with E-state index in [1.54, 1.807) is 18.2 Å². The monoisotopic (exact) mass is 294 g/mol. The second-order valence-electron chi connectivity index (χ2n) is 3.31. The topological polar surface area (TPSA) is 42.0 Å². The van der Waals surface area contributed by atoms with Crippen molar-refractivity contribution in [3.63, 3.8) is 0 Å². The number of aromatic nitrogens is 1. The number of nitrogens with zero attached hydrogens (tertiary/aromatic N) is 1. The third-order valence-electron chi connectivity index (χ3n) is 2.04. The SMILES string of the molecule is O=C(Nc1cccc(F)n1)c1cccc(Br)c1. The van der Waals surface area contributed by atoms with Crippen molar-refractivity contribution in [2.24, 2.45) is 0 Å². The Kier molecular flexibility index (Phi) is 3.49. The zero-order valence-electron chi connectivity index (χ0n) is 8.65. The van der Waals surface area contributed by atoms with Crippen LogP contribution < -0.4 is 5.32 Å². The molecular formula is C12H8BrFN2O. The van der Waals surface area contributed by atoms with Gasteiger partial charge in [0.25, 0.3) is 5.91 Å². The van der Waals surface area contributed by atoms with Crippen molar-refractivity contribution in [2.75, 3.05) is 5.32 Å². The minimum atomic E-state index is -0.628. The van der Waals surface area contributed by atoms with Gasteiger partial charge in [-0.15, -0.1) is 0 Å². The molecule has 1 aromatic heterocycles. The van der Waals surface area contributed by atoms with Gasteiger partial charge in [-0.25, -0.2) is 4.98 Å². The minimum absolute atomic E-state index is 0.190. The molecule has 0 spiro atoms. The lowest BCUT2D eigenvalue weighted by molar-refractivity contribution is 0.102. The number of amides is 1. The van der Waals surface area contributed by atoms with Gasteiger partial charge in [-0.05, 0) is 30.3 Å². The van der Waals surface area contributed by atoms with Gasteiger partial charge < -0.3 is 5.32 Å². The first-order chi connectivity index (χ1) is 8.15. The average molecular weight is 295 g/mol. The number of carbonyl (C=O) groups is 1. The van der Waals surface area contributed by atoms with Gasteiger partial charge in [0.1, 0.15) is 5.82 Å². The molecule has 1 amide bonds. The van der Waals surface area contributed by atoms with Crippen molar-refractivity contribution in [2.45, 2.75) is 0 Å². The minimum Gasteiger partial charge on any atom is -0.306 e. The lowest BCUT2D eigenvalue weighted by Crippen LogP contribution is -2.13. The fraction of sp³-hybridized carbons (Fsp3) is 0. The number of hydrogen-bond acceptors (Lipinski definition) is 2. The molecule has 0 saturated heterocycles. The zero-order valence-corrected chi connectivity index (χ0v) is 10.2. The Balaban J connectivity index is 2.17. The molecule has 0 bridgehead atoms. The molecule has 1 heterocycles. The maximum Gasteiger partial charge on any atom is 0.256 e. The van der Waals surface area contributed by atoms with Crippen LogP contribution in [0.4, 0.5) is 10.2 Å². The summed E-state index contributed by atoms with van der Waals surface area (Å²) >= 11 is 3.27. The zero-order chi connectivity index (χ0) is 12.3. The molecular weight excluding hydrogens is 287 g/mol. The number of benzene rings is 1. The molecule has 0 saturated carbocycles. The van der Waals surface area contributed by atoms with Crippen molar-refractivity contribution >= 4 is 27.7 Å². The highest BCUT2D eigenvalue weighted by atomic mass is 79.9. The highest BCUT2D eigenvalue weighted by Crippen LogP contribution is 2.13. The van der Waals surface area contributed by atoms with Crippen LogP contribution in [0.15, 0.2) is 46.9 Å². The van der Waals surface area contributed by atoms with Crippen LogP contribution in [0, 0.1) is 5.95 Å². The summed E-state index contributed by atoms with van der Waals surface area (Å²) in [5, 5.41) is 2.52. The summed E-state index contributed by atoms with van der Waals surface area (Å²) in [5.74, 6) is -0.767. The Labute approximate surface area is 106 Å². The van der Waals surface area contributed by atoms with E-state index in [4.69, 9.17) is 0 Å². The van der Waals surface area contributed by atoms with Crippen LogP contribution in [0.3, 0.4) is 0 Å². The van der Waals surface area contributed by atoms with Crippen molar-refractivity contribution in [3.05, 3.63) is 58.4 Å². The molecule has 0 atom stereocenters. The van der Waals surface area contributed by atoms with Gasteiger partial charge in [0, 0.05) is 10.0 Å². The largest absolute Gasteiger partial charge is 0.306 e. The molecule has 0 radical (unpaired) electrons. The van der Waals surface area contributed by atoms with E-state index < -0.39 is 5.95 Å². The third-order valence-corrected chi connectivity index (χ3v) is 2.54. The van der Waals surface area contributed by atoms with E-state index in [9.17, 15) is 9.18 Å². The molecule has 0 fully saturated rings. The fourth-order valence-electron chi connectivity index (χ4n) is 1.30. The highest BCUT2D eigenvalue weighted by molar-refractivity contribution is 9.10. The Bertz CT molecular complexity index is 560. The van der Waals surface area contributed by atoms with Crippen molar-refractivity contribution < 1.29 is 9.18 Å². The van der Waals surface area contributed by atoms with Crippen LogP contribution in [0.1, 0.15) is 10.4 Å². The van der Waals surface area contributed by atoms with Gasteiger partial charge in [0.05, 0.1) is 0 Å². The number of halogens is 2. The van der Waals surface area contributed by atoms with E-state index in [2.05, 4.69) is 26.2 Å².